The number of carboxylic acids is 2. The van der Waals surface area contributed by atoms with Crippen LogP contribution in [0.15, 0.2) is 0 Å². The summed E-state index contributed by atoms with van der Waals surface area (Å²) in [6.07, 6.45) is 19.7. The Hall–Kier alpha value is -1.30. The third-order valence-electron chi connectivity index (χ3n) is 8.71. The number of ether oxygens (including phenoxy) is 4. The molecule has 0 aliphatic rings. The molecule has 0 fully saturated rings. The van der Waals surface area contributed by atoms with E-state index in [4.69, 9.17) is 18.9 Å². The van der Waals surface area contributed by atoms with Gasteiger partial charge in [0.2, 0.25) is 0 Å². The molecule has 0 rings (SSSR count). The molecule has 10 heteroatoms. The first kappa shape index (κ1) is 45.7. The molecule has 47 heavy (non-hydrogen) atoms. The lowest BCUT2D eigenvalue weighted by molar-refractivity contribution is -0.885. The highest BCUT2D eigenvalue weighted by Crippen LogP contribution is 2.22. The Labute approximate surface area is 288 Å². The average Bonchev–Trinajstić information content (AvgIpc) is 2.98. The van der Waals surface area contributed by atoms with Crippen molar-refractivity contribution >= 4 is 11.9 Å². The van der Waals surface area contributed by atoms with Crippen molar-refractivity contribution in [1.82, 2.24) is 0 Å². The molecule has 0 aromatic heterocycles. The average molecular weight is 675 g/mol. The van der Waals surface area contributed by atoms with E-state index in [1.807, 2.05) is 28.2 Å². The highest BCUT2D eigenvalue weighted by Gasteiger charge is 2.33. The number of hydrogen-bond acceptors (Lipinski definition) is 8. The zero-order valence-electron chi connectivity index (χ0n) is 31.5. The van der Waals surface area contributed by atoms with E-state index in [2.05, 4.69) is 13.8 Å². The third kappa shape index (κ3) is 29.3. The Bertz CT molecular complexity index is 701. The van der Waals surface area contributed by atoms with Crippen LogP contribution in [0.4, 0.5) is 0 Å². The zero-order valence-corrected chi connectivity index (χ0v) is 31.5. The van der Waals surface area contributed by atoms with Crippen LogP contribution in [0.2, 0.25) is 0 Å². The number of carbonyl (C=O) groups excluding carboxylic acids is 2. The molecule has 0 saturated heterocycles. The highest BCUT2D eigenvalue weighted by atomic mass is 16.5. The molecular weight excluding hydrogens is 600 g/mol. The van der Waals surface area contributed by atoms with Crippen molar-refractivity contribution < 1.29 is 47.7 Å². The standard InChI is InChI=1S/C37H74N2O8/c1-7-9-11-13-15-17-19-21-25-44-31-37(33-46-27-23-38(3,4)29-35(40)41,34-47-28-24-39(5,6)30-36(42)43)32-45-26-22-20-18-16-14-12-10-8-2/h7-34H2,1-6H3. The van der Waals surface area contributed by atoms with Crippen LogP contribution in [0.3, 0.4) is 0 Å². The predicted molar refractivity (Wildman–Crippen MR) is 185 cm³/mol. The van der Waals surface area contributed by atoms with Crippen LogP contribution in [-0.2, 0) is 28.5 Å². The zero-order chi connectivity index (χ0) is 35.3. The minimum absolute atomic E-state index is 0.0824. The molecule has 0 bridgehead atoms. The van der Waals surface area contributed by atoms with Crippen molar-refractivity contribution in [2.75, 3.05) is 107 Å². The molecule has 0 aromatic carbocycles. The number of quaternary nitrogens is 2. The quantitative estimate of drug-likeness (QED) is 0.0724. The van der Waals surface area contributed by atoms with Crippen molar-refractivity contribution in [3.05, 3.63) is 0 Å². The van der Waals surface area contributed by atoms with Crippen LogP contribution < -0.4 is 10.2 Å². The van der Waals surface area contributed by atoms with Gasteiger partial charge < -0.3 is 47.7 Å². The summed E-state index contributed by atoms with van der Waals surface area (Å²) < 4.78 is 25.5. The smallest absolute Gasteiger partial charge is 0.119 e. The van der Waals surface area contributed by atoms with Crippen molar-refractivity contribution in [2.24, 2.45) is 5.41 Å². The summed E-state index contributed by atoms with van der Waals surface area (Å²) in [5.41, 5.74) is -0.544. The van der Waals surface area contributed by atoms with Gasteiger partial charge in [0, 0.05) is 13.2 Å². The molecule has 10 nitrogen and oxygen atoms in total. The topological polar surface area (TPSA) is 117 Å². The first-order valence-corrected chi connectivity index (χ1v) is 18.7. The van der Waals surface area contributed by atoms with Crippen molar-refractivity contribution in [2.45, 2.75) is 117 Å². The van der Waals surface area contributed by atoms with Crippen molar-refractivity contribution in [3.63, 3.8) is 0 Å². The van der Waals surface area contributed by atoms with E-state index < -0.39 is 17.4 Å². The van der Waals surface area contributed by atoms with E-state index in [-0.39, 0.29) is 22.1 Å². The van der Waals surface area contributed by atoms with Gasteiger partial charge in [-0.25, -0.2) is 0 Å². The van der Waals surface area contributed by atoms with Gasteiger partial charge in [-0.15, -0.1) is 0 Å². The Morgan fingerprint density at radius 3 is 1.04 bits per heavy atom. The number of carboxylic acid groups (broad SMARTS) is 2. The molecule has 0 spiro atoms. The lowest BCUT2D eigenvalue weighted by Gasteiger charge is -2.35. The molecule has 0 aromatic rings. The van der Waals surface area contributed by atoms with E-state index in [9.17, 15) is 19.8 Å². The normalized spacial score (nSPS) is 12.6. The Morgan fingerprint density at radius 2 is 0.745 bits per heavy atom. The largest absolute Gasteiger partial charge is 0.544 e. The molecule has 280 valence electrons. The Morgan fingerprint density at radius 1 is 0.468 bits per heavy atom. The van der Waals surface area contributed by atoms with Gasteiger partial charge in [0.05, 0.1) is 85.2 Å². The van der Waals surface area contributed by atoms with Gasteiger partial charge in [-0.2, -0.15) is 0 Å². The van der Waals surface area contributed by atoms with Gasteiger partial charge in [0.25, 0.3) is 0 Å². The van der Waals surface area contributed by atoms with E-state index in [0.29, 0.717) is 65.9 Å². The predicted octanol–water partition coefficient (Wildman–Crippen LogP) is 3.97. The monoisotopic (exact) mass is 675 g/mol. The van der Waals surface area contributed by atoms with Gasteiger partial charge >= 0.3 is 0 Å². The van der Waals surface area contributed by atoms with Crippen molar-refractivity contribution in [3.8, 4) is 0 Å². The molecule has 0 unspecified atom stereocenters. The molecular formula is C37H74N2O8. The summed E-state index contributed by atoms with van der Waals surface area (Å²) in [5, 5.41) is 22.3. The second-order valence-electron chi connectivity index (χ2n) is 15.0. The lowest BCUT2D eigenvalue weighted by atomic mass is 9.92. The second-order valence-corrected chi connectivity index (χ2v) is 15.0. The van der Waals surface area contributed by atoms with Gasteiger partial charge in [-0.1, -0.05) is 104 Å². The van der Waals surface area contributed by atoms with Crippen LogP contribution >= 0.6 is 0 Å². The fourth-order valence-corrected chi connectivity index (χ4v) is 5.56. The number of likely N-dealkylation sites (N-methyl/N-ethyl adjacent to an activating group) is 2. The third-order valence-corrected chi connectivity index (χ3v) is 8.71. The SMILES string of the molecule is CCCCCCCCCCOCC(COCCCCCCCCCC)(COCC[N+](C)(C)CC(=O)[O-])COCC[N+](C)(C)CC(=O)[O-]. The molecule has 0 radical (unpaired) electrons. The molecule has 0 aliphatic carbocycles. The summed E-state index contributed by atoms with van der Waals surface area (Å²) in [6, 6.07) is 0. The fourth-order valence-electron chi connectivity index (χ4n) is 5.56. The van der Waals surface area contributed by atoms with Crippen LogP contribution in [0.25, 0.3) is 0 Å². The molecule has 0 aliphatic heterocycles. The number of carbonyl (C=O) groups is 2. The van der Waals surface area contributed by atoms with E-state index in [0.717, 1.165) is 25.7 Å². The molecule has 0 amide bonds. The second kappa shape index (κ2) is 28.5. The van der Waals surface area contributed by atoms with Gasteiger partial charge in [-0.05, 0) is 12.8 Å². The first-order chi connectivity index (χ1) is 22.4. The maximum absolute atomic E-state index is 11.2. The molecule has 0 atom stereocenters. The van der Waals surface area contributed by atoms with Crippen LogP contribution in [0, 0.1) is 5.41 Å². The van der Waals surface area contributed by atoms with Gasteiger partial charge in [0.1, 0.15) is 26.2 Å². The van der Waals surface area contributed by atoms with E-state index >= 15 is 0 Å². The number of hydrogen-bond donors (Lipinski definition) is 0. The minimum Gasteiger partial charge on any atom is -0.544 e. The Balaban J connectivity index is 5.24. The summed E-state index contributed by atoms with van der Waals surface area (Å²) in [4.78, 5) is 22.3. The first-order valence-electron chi connectivity index (χ1n) is 18.7. The van der Waals surface area contributed by atoms with Crippen LogP contribution in [-0.4, -0.2) is 128 Å². The van der Waals surface area contributed by atoms with E-state index in [1.54, 1.807) is 0 Å². The van der Waals surface area contributed by atoms with Crippen LogP contribution in [0.5, 0.6) is 0 Å². The summed E-state index contributed by atoms with van der Waals surface area (Å²) in [7, 11) is 7.40. The van der Waals surface area contributed by atoms with E-state index in [1.165, 1.54) is 77.0 Å². The van der Waals surface area contributed by atoms with Crippen LogP contribution in [0.1, 0.15) is 117 Å². The van der Waals surface area contributed by atoms with Crippen molar-refractivity contribution in [1.29, 1.82) is 0 Å². The number of rotatable bonds is 36. The Kier molecular flexibility index (Phi) is 27.7. The summed E-state index contributed by atoms with van der Waals surface area (Å²) in [6.45, 7) is 9.02. The van der Waals surface area contributed by atoms with Gasteiger partial charge in [-0.3, -0.25) is 0 Å². The number of nitrogens with zero attached hydrogens (tertiary/aromatic N) is 2. The minimum atomic E-state index is -1.08. The maximum atomic E-state index is 11.2. The molecule has 0 N–H and O–H groups in total. The van der Waals surface area contributed by atoms with Gasteiger partial charge in [0.15, 0.2) is 0 Å². The number of aliphatic carboxylic acids is 2. The number of unbranched alkanes of at least 4 members (excludes halogenated alkanes) is 14. The lowest BCUT2D eigenvalue weighted by Crippen LogP contribution is -2.51. The highest BCUT2D eigenvalue weighted by molar-refractivity contribution is 5.65. The maximum Gasteiger partial charge on any atom is 0.119 e. The molecule has 0 heterocycles. The fraction of sp³-hybridized carbons (Fsp3) is 0.946. The molecule has 0 saturated carbocycles. The summed E-state index contributed by atoms with van der Waals surface area (Å²) >= 11 is 0. The summed E-state index contributed by atoms with van der Waals surface area (Å²) in [5.74, 6) is -2.16.